The average Bonchev–Trinajstić information content (AvgIpc) is 3.44. The van der Waals surface area contributed by atoms with Gasteiger partial charge in [-0.25, -0.2) is 0 Å². The second-order valence-electron chi connectivity index (χ2n) is 11.0. The van der Waals surface area contributed by atoms with Crippen molar-refractivity contribution in [2.75, 3.05) is 0 Å². The van der Waals surface area contributed by atoms with Gasteiger partial charge in [0.05, 0.1) is 5.60 Å². The number of hydrogen-bond donors (Lipinski definition) is 1. The molecule has 6 aliphatic carbocycles. The zero-order chi connectivity index (χ0) is 16.5. The predicted octanol–water partition coefficient (Wildman–Crippen LogP) is 4.50. The molecule has 0 spiro atoms. The van der Waals surface area contributed by atoms with Crippen LogP contribution in [0.1, 0.15) is 65.2 Å². The monoisotopic (exact) mass is 324 g/mol. The Hall–Kier alpha value is -0.480. The van der Waals surface area contributed by atoms with Crippen molar-refractivity contribution in [3.05, 3.63) is 0 Å². The highest BCUT2D eigenvalue weighted by Gasteiger charge is 2.77. The quantitative estimate of drug-likeness (QED) is 0.651. The Morgan fingerprint density at radius 2 is 1.75 bits per heavy atom. The van der Waals surface area contributed by atoms with Crippen molar-refractivity contribution in [2.45, 2.75) is 70.8 Å². The highest BCUT2D eigenvalue weighted by atomic mass is 16.3. The van der Waals surface area contributed by atoms with E-state index in [1.54, 1.807) is 0 Å². The molecule has 0 aromatic carbocycles. The molecule has 11 atom stereocenters. The molecule has 1 N–H and O–H groups in total. The third-order valence-electron chi connectivity index (χ3n) is 10.6. The average molecular weight is 325 g/mol. The van der Waals surface area contributed by atoms with E-state index in [1.807, 2.05) is 0 Å². The van der Waals surface area contributed by atoms with E-state index in [0.717, 1.165) is 41.9 Å². The summed E-state index contributed by atoms with van der Waals surface area (Å²) in [7, 11) is 0. The van der Waals surface area contributed by atoms with Crippen LogP contribution >= 0.6 is 0 Å². The minimum absolute atomic E-state index is 0.188. The normalized spacial score (nSPS) is 68.6. The smallest absolute Gasteiger partial charge is 0.0734 e. The van der Waals surface area contributed by atoms with Crippen LogP contribution in [-0.4, -0.2) is 10.7 Å². The van der Waals surface area contributed by atoms with Gasteiger partial charge in [-0.1, -0.05) is 26.7 Å². The summed E-state index contributed by atoms with van der Waals surface area (Å²) in [5.74, 6) is 9.54. The SMILES string of the molecule is C#CC1C2CC2C2C3C4CC4C4(O)CCCCC4(C)C3CCC12C. The molecular formula is C23H32O. The zero-order valence-corrected chi connectivity index (χ0v) is 15.3. The second kappa shape index (κ2) is 4.09. The molecule has 130 valence electrons. The van der Waals surface area contributed by atoms with Gasteiger partial charge in [-0.3, -0.25) is 0 Å². The van der Waals surface area contributed by atoms with Crippen molar-refractivity contribution in [3.8, 4) is 12.3 Å². The van der Waals surface area contributed by atoms with E-state index in [1.165, 1.54) is 44.9 Å². The topological polar surface area (TPSA) is 20.2 Å². The lowest BCUT2D eigenvalue weighted by Gasteiger charge is -2.63. The van der Waals surface area contributed by atoms with E-state index in [2.05, 4.69) is 19.8 Å². The number of terminal acetylenes is 1. The molecule has 0 saturated heterocycles. The van der Waals surface area contributed by atoms with Gasteiger partial charge >= 0.3 is 0 Å². The third-order valence-corrected chi connectivity index (χ3v) is 10.6. The van der Waals surface area contributed by atoms with E-state index in [4.69, 9.17) is 6.42 Å². The van der Waals surface area contributed by atoms with Crippen LogP contribution in [0.2, 0.25) is 0 Å². The van der Waals surface area contributed by atoms with Crippen molar-refractivity contribution >= 4 is 0 Å². The lowest BCUT2D eigenvalue weighted by Crippen LogP contribution is -2.63. The van der Waals surface area contributed by atoms with Gasteiger partial charge in [0.1, 0.15) is 0 Å². The fourth-order valence-electron chi connectivity index (χ4n) is 9.49. The molecule has 0 heterocycles. The molecule has 6 rings (SSSR count). The molecule has 6 fully saturated rings. The summed E-state index contributed by atoms with van der Waals surface area (Å²) in [6.07, 6.45) is 16.3. The van der Waals surface area contributed by atoms with Gasteiger partial charge in [0.25, 0.3) is 0 Å². The highest BCUT2D eigenvalue weighted by Crippen LogP contribution is 2.80. The molecule has 0 bridgehead atoms. The fourth-order valence-corrected chi connectivity index (χ4v) is 9.49. The van der Waals surface area contributed by atoms with Crippen LogP contribution in [0.3, 0.4) is 0 Å². The zero-order valence-electron chi connectivity index (χ0n) is 15.3. The summed E-state index contributed by atoms with van der Waals surface area (Å²) in [6.45, 7) is 5.03. The van der Waals surface area contributed by atoms with Gasteiger partial charge in [0, 0.05) is 5.92 Å². The van der Waals surface area contributed by atoms with E-state index >= 15 is 0 Å². The third kappa shape index (κ3) is 1.36. The fraction of sp³-hybridized carbons (Fsp3) is 0.913. The highest BCUT2D eigenvalue weighted by molar-refractivity contribution is 5.28. The number of fused-ring (bicyclic) bond motifs is 10. The summed E-state index contributed by atoms with van der Waals surface area (Å²) < 4.78 is 0. The van der Waals surface area contributed by atoms with Crippen LogP contribution in [0.5, 0.6) is 0 Å². The van der Waals surface area contributed by atoms with Crippen LogP contribution in [0.15, 0.2) is 0 Å². The standard InChI is InChI=1S/C23H32O/c1-4-16-13-11-14(13)20-19-15-12-18(15)23(24)9-6-5-8-22(23,3)17(19)7-10-21(16,20)2/h1,13-20,24H,5-12H2,2-3H3. The van der Waals surface area contributed by atoms with E-state index in [-0.39, 0.29) is 11.0 Å². The summed E-state index contributed by atoms with van der Waals surface area (Å²) in [5.41, 5.74) is 0.266. The molecule has 1 heteroatoms. The molecule has 0 aromatic heterocycles. The molecule has 0 amide bonds. The minimum atomic E-state index is -0.335. The van der Waals surface area contributed by atoms with Crippen LogP contribution < -0.4 is 0 Å². The lowest BCUT2D eigenvalue weighted by molar-refractivity contribution is -0.212. The van der Waals surface area contributed by atoms with Gasteiger partial charge in [0.15, 0.2) is 0 Å². The lowest BCUT2D eigenvalue weighted by atomic mass is 9.43. The summed E-state index contributed by atoms with van der Waals surface area (Å²) >= 11 is 0. The Morgan fingerprint density at radius 3 is 2.54 bits per heavy atom. The molecule has 0 aromatic rings. The maximum Gasteiger partial charge on any atom is 0.0734 e. The molecule has 11 unspecified atom stereocenters. The van der Waals surface area contributed by atoms with Crippen LogP contribution in [0.4, 0.5) is 0 Å². The van der Waals surface area contributed by atoms with Crippen molar-refractivity contribution in [1.82, 2.24) is 0 Å². The van der Waals surface area contributed by atoms with E-state index in [0.29, 0.717) is 17.3 Å². The predicted molar refractivity (Wildman–Crippen MR) is 94.9 cm³/mol. The first-order chi connectivity index (χ1) is 11.5. The Bertz CT molecular complexity index is 647. The van der Waals surface area contributed by atoms with Gasteiger partial charge < -0.3 is 5.11 Å². The Balaban J connectivity index is 1.45. The molecule has 6 saturated carbocycles. The first-order valence-corrected chi connectivity index (χ1v) is 10.6. The number of hydrogen-bond acceptors (Lipinski definition) is 1. The Labute approximate surface area is 147 Å². The molecule has 0 aliphatic heterocycles. The van der Waals surface area contributed by atoms with E-state index < -0.39 is 0 Å². The Kier molecular flexibility index (Phi) is 2.50. The van der Waals surface area contributed by atoms with Crippen LogP contribution in [0, 0.1) is 70.5 Å². The van der Waals surface area contributed by atoms with Crippen molar-refractivity contribution in [3.63, 3.8) is 0 Å². The molecule has 24 heavy (non-hydrogen) atoms. The summed E-state index contributed by atoms with van der Waals surface area (Å²) in [4.78, 5) is 0. The molecule has 1 nitrogen and oxygen atoms in total. The summed E-state index contributed by atoms with van der Waals surface area (Å²) in [6, 6.07) is 0. The van der Waals surface area contributed by atoms with Gasteiger partial charge in [-0.05, 0) is 90.8 Å². The van der Waals surface area contributed by atoms with Gasteiger partial charge in [0.2, 0.25) is 0 Å². The van der Waals surface area contributed by atoms with Crippen molar-refractivity contribution in [2.24, 2.45) is 58.2 Å². The van der Waals surface area contributed by atoms with Crippen molar-refractivity contribution < 1.29 is 5.11 Å². The molecule has 0 radical (unpaired) electrons. The molecule has 6 aliphatic rings. The van der Waals surface area contributed by atoms with Gasteiger partial charge in [-0.2, -0.15) is 0 Å². The van der Waals surface area contributed by atoms with Gasteiger partial charge in [-0.15, -0.1) is 12.3 Å². The van der Waals surface area contributed by atoms with Crippen LogP contribution in [-0.2, 0) is 0 Å². The summed E-state index contributed by atoms with van der Waals surface area (Å²) in [5, 5.41) is 11.7. The van der Waals surface area contributed by atoms with Crippen LogP contribution in [0.25, 0.3) is 0 Å². The van der Waals surface area contributed by atoms with E-state index in [9.17, 15) is 5.11 Å². The van der Waals surface area contributed by atoms with Crippen molar-refractivity contribution in [1.29, 1.82) is 0 Å². The number of aliphatic hydroxyl groups is 1. The minimum Gasteiger partial charge on any atom is -0.389 e. The maximum atomic E-state index is 11.7. The second-order valence-corrected chi connectivity index (χ2v) is 11.0. The first kappa shape index (κ1) is 14.7. The first-order valence-electron chi connectivity index (χ1n) is 10.6. The maximum absolute atomic E-state index is 11.7. The molecular weight excluding hydrogens is 292 g/mol. The Morgan fingerprint density at radius 1 is 0.958 bits per heavy atom. The largest absolute Gasteiger partial charge is 0.389 e. The number of rotatable bonds is 0.